The Morgan fingerprint density at radius 2 is 2.05 bits per heavy atom. The number of benzene rings is 2. The van der Waals surface area contributed by atoms with E-state index in [-0.39, 0.29) is 5.58 Å². The number of carbonyl (C=O) groups is 1. The van der Waals surface area contributed by atoms with Crippen LogP contribution in [0.5, 0.6) is 5.75 Å². The summed E-state index contributed by atoms with van der Waals surface area (Å²) in [5, 5.41) is 0.684. The molecule has 0 spiro atoms. The van der Waals surface area contributed by atoms with Gasteiger partial charge in [0, 0.05) is 10.9 Å². The van der Waals surface area contributed by atoms with Crippen LogP contribution in [0.15, 0.2) is 46.9 Å². The maximum Gasteiger partial charge on any atom is 0.170 e. The number of furan rings is 1. The lowest BCUT2D eigenvalue weighted by molar-refractivity contribution is 0.112. The van der Waals surface area contributed by atoms with Crippen molar-refractivity contribution in [2.75, 3.05) is 7.11 Å². The number of aldehydes is 1. The van der Waals surface area contributed by atoms with E-state index in [1.807, 2.05) is 0 Å². The third-order valence-electron chi connectivity index (χ3n) is 3.14. The maximum atomic E-state index is 13.6. The zero-order chi connectivity index (χ0) is 14.1. The Morgan fingerprint density at radius 1 is 1.20 bits per heavy atom. The molecule has 3 nitrogen and oxygen atoms in total. The minimum absolute atomic E-state index is 0.214. The Hall–Kier alpha value is -2.62. The third-order valence-corrected chi connectivity index (χ3v) is 3.14. The SMILES string of the molecule is COc1ccc(-c2cc3cccc(F)c3o2)cc1C=O. The molecule has 0 saturated heterocycles. The molecule has 0 saturated carbocycles. The van der Waals surface area contributed by atoms with Crippen LogP contribution in [0.3, 0.4) is 0 Å². The molecule has 3 aromatic rings. The molecular weight excluding hydrogens is 259 g/mol. The molecule has 0 fully saturated rings. The number of hydrogen-bond donors (Lipinski definition) is 0. The molecule has 1 heterocycles. The van der Waals surface area contributed by atoms with Gasteiger partial charge in [-0.2, -0.15) is 0 Å². The zero-order valence-electron chi connectivity index (χ0n) is 10.7. The number of ether oxygens (including phenoxy) is 1. The van der Waals surface area contributed by atoms with Gasteiger partial charge < -0.3 is 9.15 Å². The predicted molar refractivity (Wildman–Crippen MR) is 73.5 cm³/mol. The molecule has 2 aromatic carbocycles. The van der Waals surface area contributed by atoms with Crippen LogP contribution in [0.25, 0.3) is 22.3 Å². The van der Waals surface area contributed by atoms with Crippen LogP contribution >= 0.6 is 0 Å². The van der Waals surface area contributed by atoms with Gasteiger partial charge in [-0.3, -0.25) is 4.79 Å². The van der Waals surface area contributed by atoms with E-state index in [2.05, 4.69) is 0 Å². The molecule has 0 aliphatic carbocycles. The Labute approximate surface area is 114 Å². The lowest BCUT2D eigenvalue weighted by Crippen LogP contribution is -1.90. The number of carbonyl (C=O) groups excluding carboxylic acids is 1. The second-order valence-electron chi connectivity index (χ2n) is 4.34. The fourth-order valence-corrected chi connectivity index (χ4v) is 2.15. The van der Waals surface area contributed by atoms with Gasteiger partial charge in [-0.1, -0.05) is 12.1 Å². The zero-order valence-corrected chi connectivity index (χ0v) is 10.7. The molecule has 20 heavy (non-hydrogen) atoms. The molecule has 0 N–H and O–H groups in total. The molecule has 0 bridgehead atoms. The quantitative estimate of drug-likeness (QED) is 0.674. The van der Waals surface area contributed by atoms with Crippen molar-refractivity contribution in [3.05, 3.63) is 53.8 Å². The molecule has 0 amide bonds. The van der Waals surface area contributed by atoms with E-state index >= 15 is 0 Å². The summed E-state index contributed by atoms with van der Waals surface area (Å²) >= 11 is 0. The van der Waals surface area contributed by atoms with Gasteiger partial charge in [0.05, 0.1) is 12.7 Å². The largest absolute Gasteiger partial charge is 0.496 e. The summed E-state index contributed by atoms with van der Waals surface area (Å²) in [4.78, 5) is 11.0. The predicted octanol–water partition coefficient (Wildman–Crippen LogP) is 4.06. The molecule has 1 aromatic heterocycles. The number of hydrogen-bond acceptors (Lipinski definition) is 3. The topological polar surface area (TPSA) is 39.4 Å². The first-order valence-corrected chi connectivity index (χ1v) is 6.04. The number of rotatable bonds is 3. The van der Waals surface area contributed by atoms with E-state index in [1.165, 1.54) is 13.2 Å². The monoisotopic (exact) mass is 270 g/mol. The lowest BCUT2D eigenvalue weighted by Gasteiger charge is -2.04. The summed E-state index contributed by atoms with van der Waals surface area (Å²) in [5.74, 6) is 0.597. The summed E-state index contributed by atoms with van der Waals surface area (Å²) < 4.78 is 24.2. The van der Waals surface area contributed by atoms with Crippen LogP contribution in [0, 0.1) is 5.82 Å². The third kappa shape index (κ3) is 1.95. The average molecular weight is 270 g/mol. The molecule has 0 radical (unpaired) electrons. The Morgan fingerprint density at radius 3 is 2.75 bits per heavy atom. The van der Waals surface area contributed by atoms with Crippen LogP contribution in [-0.4, -0.2) is 13.4 Å². The van der Waals surface area contributed by atoms with Crippen LogP contribution in [0.2, 0.25) is 0 Å². The van der Waals surface area contributed by atoms with Crippen molar-refractivity contribution >= 4 is 17.3 Å². The molecule has 3 rings (SSSR count). The molecule has 0 aliphatic heterocycles. The Bertz CT molecular complexity index is 790. The van der Waals surface area contributed by atoms with Crippen molar-refractivity contribution in [3.8, 4) is 17.1 Å². The van der Waals surface area contributed by atoms with Crippen LogP contribution < -0.4 is 4.74 Å². The minimum Gasteiger partial charge on any atom is -0.496 e. The fourth-order valence-electron chi connectivity index (χ4n) is 2.15. The van der Waals surface area contributed by atoms with Crippen molar-refractivity contribution in [2.45, 2.75) is 0 Å². The second-order valence-corrected chi connectivity index (χ2v) is 4.34. The molecule has 0 unspecified atom stereocenters. The molecular formula is C16H11FO3. The van der Waals surface area contributed by atoms with Gasteiger partial charge in [0.25, 0.3) is 0 Å². The summed E-state index contributed by atoms with van der Waals surface area (Å²) in [5.41, 5.74) is 1.33. The van der Waals surface area contributed by atoms with E-state index in [9.17, 15) is 9.18 Å². The Balaban J connectivity index is 2.15. The first-order chi connectivity index (χ1) is 9.72. The van der Waals surface area contributed by atoms with Crippen LogP contribution in [-0.2, 0) is 0 Å². The summed E-state index contributed by atoms with van der Waals surface area (Å²) in [6.07, 6.45) is 0.714. The van der Waals surface area contributed by atoms with Gasteiger partial charge in [-0.25, -0.2) is 4.39 Å². The highest BCUT2D eigenvalue weighted by Gasteiger charge is 2.11. The first kappa shape index (κ1) is 12.4. The van der Waals surface area contributed by atoms with Gasteiger partial charge in [0.1, 0.15) is 11.5 Å². The minimum atomic E-state index is -0.405. The van der Waals surface area contributed by atoms with Gasteiger partial charge >= 0.3 is 0 Å². The van der Waals surface area contributed by atoms with Crippen LogP contribution in [0.1, 0.15) is 10.4 Å². The average Bonchev–Trinajstić information content (AvgIpc) is 2.92. The highest BCUT2D eigenvalue weighted by Crippen LogP contribution is 2.31. The molecule has 100 valence electrons. The molecule has 0 atom stereocenters. The first-order valence-electron chi connectivity index (χ1n) is 6.04. The van der Waals surface area contributed by atoms with E-state index in [0.717, 1.165) is 0 Å². The Kier molecular flexibility index (Phi) is 2.99. The number of methoxy groups -OCH3 is 1. The standard InChI is InChI=1S/C16H11FO3/c1-19-14-6-5-10(7-12(14)9-18)15-8-11-3-2-4-13(17)16(11)20-15/h2-9H,1H3. The normalized spacial score (nSPS) is 10.7. The van der Waals surface area contributed by atoms with Crippen molar-refractivity contribution in [1.82, 2.24) is 0 Å². The highest BCUT2D eigenvalue weighted by molar-refractivity contribution is 5.86. The van der Waals surface area contributed by atoms with Gasteiger partial charge in [-0.05, 0) is 30.3 Å². The van der Waals surface area contributed by atoms with Crippen molar-refractivity contribution in [1.29, 1.82) is 0 Å². The maximum absolute atomic E-state index is 13.6. The lowest BCUT2D eigenvalue weighted by atomic mass is 10.1. The summed E-state index contributed by atoms with van der Waals surface area (Å²) in [6.45, 7) is 0. The van der Waals surface area contributed by atoms with Gasteiger partial charge in [-0.15, -0.1) is 0 Å². The smallest absolute Gasteiger partial charge is 0.170 e. The highest BCUT2D eigenvalue weighted by atomic mass is 19.1. The molecule has 4 heteroatoms. The van der Waals surface area contributed by atoms with Crippen molar-refractivity contribution in [3.63, 3.8) is 0 Å². The van der Waals surface area contributed by atoms with E-state index in [0.29, 0.717) is 34.3 Å². The fraction of sp³-hybridized carbons (Fsp3) is 0.0625. The van der Waals surface area contributed by atoms with E-state index in [1.54, 1.807) is 36.4 Å². The van der Waals surface area contributed by atoms with Crippen molar-refractivity contribution in [2.24, 2.45) is 0 Å². The van der Waals surface area contributed by atoms with Crippen molar-refractivity contribution < 1.29 is 18.3 Å². The summed E-state index contributed by atoms with van der Waals surface area (Å²) in [6, 6.07) is 11.6. The molecule has 0 aliphatic rings. The number of halogens is 1. The number of fused-ring (bicyclic) bond motifs is 1. The van der Waals surface area contributed by atoms with Gasteiger partial charge in [0.15, 0.2) is 17.7 Å². The van der Waals surface area contributed by atoms with E-state index < -0.39 is 5.82 Å². The second kappa shape index (κ2) is 4.81. The van der Waals surface area contributed by atoms with Crippen LogP contribution in [0.4, 0.5) is 4.39 Å². The van der Waals surface area contributed by atoms with E-state index in [4.69, 9.17) is 9.15 Å². The summed E-state index contributed by atoms with van der Waals surface area (Å²) in [7, 11) is 1.50. The number of para-hydroxylation sites is 1. The van der Waals surface area contributed by atoms with Gasteiger partial charge in [0.2, 0.25) is 0 Å².